The van der Waals surface area contributed by atoms with Crippen LogP contribution in [0.4, 0.5) is 11.4 Å². The minimum Gasteiger partial charge on any atom is -0.326 e. The lowest BCUT2D eigenvalue weighted by atomic mass is 10.1. The normalized spacial score (nSPS) is 16.7. The Labute approximate surface area is 153 Å². The molecular weight excluding hydrogens is 328 g/mol. The predicted molar refractivity (Wildman–Crippen MR) is 101 cm³/mol. The van der Waals surface area contributed by atoms with Gasteiger partial charge in [0.25, 0.3) is 0 Å². The van der Waals surface area contributed by atoms with Gasteiger partial charge in [-0.1, -0.05) is 24.3 Å². The summed E-state index contributed by atoms with van der Waals surface area (Å²) in [6.45, 7) is 5.84. The van der Waals surface area contributed by atoms with E-state index in [9.17, 15) is 14.4 Å². The van der Waals surface area contributed by atoms with Gasteiger partial charge in [-0.2, -0.15) is 0 Å². The summed E-state index contributed by atoms with van der Waals surface area (Å²) in [6, 6.07) is 12.7. The van der Waals surface area contributed by atoms with E-state index in [0.29, 0.717) is 17.8 Å². The van der Waals surface area contributed by atoms with Crippen LogP contribution >= 0.6 is 0 Å². The van der Waals surface area contributed by atoms with Crippen molar-refractivity contribution in [3.63, 3.8) is 0 Å². The molecule has 0 saturated carbocycles. The molecule has 1 aliphatic rings. The van der Waals surface area contributed by atoms with Crippen LogP contribution in [-0.4, -0.2) is 24.1 Å². The summed E-state index contributed by atoms with van der Waals surface area (Å²) in [5.41, 5.74) is 4.15. The molecule has 0 radical (unpaired) electrons. The number of carbonyl (C=O) groups excluding carboxylic acids is 3. The van der Waals surface area contributed by atoms with Gasteiger partial charge < -0.3 is 10.2 Å². The first-order valence-corrected chi connectivity index (χ1v) is 8.65. The van der Waals surface area contributed by atoms with Gasteiger partial charge >= 0.3 is 0 Å². The summed E-state index contributed by atoms with van der Waals surface area (Å²) in [4.78, 5) is 38.2. The van der Waals surface area contributed by atoms with Crippen LogP contribution < -0.4 is 10.2 Å². The number of nitrogens with one attached hydrogen (secondary N) is 1. The number of aryl methyl sites for hydroxylation is 1. The van der Waals surface area contributed by atoms with Gasteiger partial charge in [0.2, 0.25) is 11.8 Å². The molecule has 1 N–H and O–H groups in total. The minimum atomic E-state index is -0.414. The van der Waals surface area contributed by atoms with E-state index in [0.717, 1.165) is 16.8 Å². The largest absolute Gasteiger partial charge is 0.326 e. The lowest BCUT2D eigenvalue weighted by Crippen LogP contribution is -2.28. The first-order chi connectivity index (χ1) is 12.4. The van der Waals surface area contributed by atoms with E-state index in [2.05, 4.69) is 5.32 Å². The maximum Gasteiger partial charge on any atom is 0.229 e. The lowest BCUT2D eigenvalue weighted by Gasteiger charge is -2.20. The standard InChI is InChI=1S/C21H22N2O3/c1-13-6-4-9-19(14(13)2)23-12-17(11-20(23)25)21(26)22-18-8-5-7-16(10-18)15(3)24/h4-10,17H,11-12H2,1-3H3,(H,22,26)/t17-/m0/s1. The van der Waals surface area contributed by atoms with Crippen LogP contribution in [0.5, 0.6) is 0 Å². The molecule has 0 bridgehead atoms. The molecule has 5 heteroatoms. The molecule has 0 spiro atoms. The average Bonchev–Trinajstić information content (AvgIpc) is 2.99. The van der Waals surface area contributed by atoms with Crippen molar-refractivity contribution in [2.75, 3.05) is 16.8 Å². The van der Waals surface area contributed by atoms with Crippen molar-refractivity contribution < 1.29 is 14.4 Å². The zero-order chi connectivity index (χ0) is 18.8. The van der Waals surface area contributed by atoms with Gasteiger partial charge in [0.05, 0.1) is 5.92 Å². The van der Waals surface area contributed by atoms with E-state index >= 15 is 0 Å². The second-order valence-corrected chi connectivity index (χ2v) is 6.75. The quantitative estimate of drug-likeness (QED) is 0.858. The van der Waals surface area contributed by atoms with Gasteiger partial charge in [0.15, 0.2) is 5.78 Å². The third-order valence-electron chi connectivity index (χ3n) is 4.90. The molecule has 1 fully saturated rings. The molecule has 134 valence electrons. The highest BCUT2D eigenvalue weighted by atomic mass is 16.2. The van der Waals surface area contributed by atoms with Crippen LogP contribution in [0.15, 0.2) is 42.5 Å². The molecule has 0 unspecified atom stereocenters. The highest BCUT2D eigenvalue weighted by Crippen LogP contribution is 2.30. The number of hydrogen-bond donors (Lipinski definition) is 1. The molecule has 2 aromatic rings. The third-order valence-corrected chi connectivity index (χ3v) is 4.90. The van der Waals surface area contributed by atoms with Crippen LogP contribution in [0.3, 0.4) is 0 Å². The number of amides is 2. The van der Waals surface area contributed by atoms with Gasteiger partial charge in [0.1, 0.15) is 0 Å². The monoisotopic (exact) mass is 350 g/mol. The topological polar surface area (TPSA) is 66.5 Å². The first-order valence-electron chi connectivity index (χ1n) is 8.65. The molecule has 1 aliphatic heterocycles. The van der Waals surface area contributed by atoms with Gasteiger partial charge in [0, 0.05) is 29.9 Å². The molecule has 1 heterocycles. The zero-order valence-electron chi connectivity index (χ0n) is 15.2. The van der Waals surface area contributed by atoms with Crippen LogP contribution in [0.25, 0.3) is 0 Å². The number of nitrogens with zero attached hydrogens (tertiary/aromatic N) is 1. The second-order valence-electron chi connectivity index (χ2n) is 6.75. The van der Waals surface area contributed by atoms with Gasteiger partial charge in [-0.05, 0) is 50.1 Å². The third kappa shape index (κ3) is 3.52. The zero-order valence-corrected chi connectivity index (χ0v) is 15.2. The Kier molecular flexibility index (Phi) is 4.89. The Morgan fingerprint density at radius 2 is 1.85 bits per heavy atom. The van der Waals surface area contributed by atoms with Crippen LogP contribution in [0, 0.1) is 19.8 Å². The van der Waals surface area contributed by atoms with Crippen LogP contribution in [0.1, 0.15) is 34.8 Å². The van der Waals surface area contributed by atoms with E-state index in [1.165, 1.54) is 6.92 Å². The number of ketones is 1. The number of carbonyl (C=O) groups is 3. The number of anilines is 2. The van der Waals surface area contributed by atoms with E-state index in [4.69, 9.17) is 0 Å². The molecule has 2 aromatic carbocycles. The highest BCUT2D eigenvalue weighted by molar-refractivity contribution is 6.04. The number of benzene rings is 2. The van der Waals surface area contributed by atoms with Crippen molar-refractivity contribution in [3.05, 3.63) is 59.2 Å². The molecule has 1 atom stereocenters. The fourth-order valence-corrected chi connectivity index (χ4v) is 3.20. The second kappa shape index (κ2) is 7.12. The summed E-state index contributed by atoms with van der Waals surface area (Å²) in [5, 5.41) is 2.83. The molecule has 3 rings (SSSR count). The van der Waals surface area contributed by atoms with Gasteiger partial charge in [-0.3, -0.25) is 14.4 Å². The fourth-order valence-electron chi connectivity index (χ4n) is 3.20. The average molecular weight is 350 g/mol. The van der Waals surface area contributed by atoms with E-state index in [1.54, 1.807) is 29.2 Å². The van der Waals surface area contributed by atoms with Crippen LogP contribution in [0.2, 0.25) is 0 Å². The molecule has 2 amide bonds. The SMILES string of the molecule is CC(=O)c1cccc(NC(=O)[C@H]2CC(=O)N(c3cccc(C)c3C)C2)c1. The maximum atomic E-state index is 12.6. The number of rotatable bonds is 4. The Morgan fingerprint density at radius 3 is 2.58 bits per heavy atom. The van der Waals surface area contributed by atoms with Gasteiger partial charge in [-0.15, -0.1) is 0 Å². The minimum absolute atomic E-state index is 0.0451. The first kappa shape index (κ1) is 17.9. The Balaban J connectivity index is 1.74. The molecule has 0 aromatic heterocycles. The summed E-state index contributed by atoms with van der Waals surface area (Å²) in [7, 11) is 0. The lowest BCUT2D eigenvalue weighted by molar-refractivity contribution is -0.122. The summed E-state index contributed by atoms with van der Waals surface area (Å²) >= 11 is 0. The molecule has 26 heavy (non-hydrogen) atoms. The highest BCUT2D eigenvalue weighted by Gasteiger charge is 2.35. The van der Waals surface area contributed by atoms with Crippen LogP contribution in [-0.2, 0) is 9.59 Å². The fraction of sp³-hybridized carbons (Fsp3) is 0.286. The van der Waals surface area contributed by atoms with E-state index in [-0.39, 0.29) is 24.0 Å². The molecule has 0 aliphatic carbocycles. The van der Waals surface area contributed by atoms with Crippen molar-refractivity contribution in [2.45, 2.75) is 27.2 Å². The van der Waals surface area contributed by atoms with Crippen molar-refractivity contribution in [1.82, 2.24) is 0 Å². The Morgan fingerprint density at radius 1 is 1.12 bits per heavy atom. The van der Waals surface area contributed by atoms with Crippen molar-refractivity contribution in [3.8, 4) is 0 Å². The predicted octanol–water partition coefficient (Wildman–Crippen LogP) is 3.50. The van der Waals surface area contributed by atoms with Crippen molar-refractivity contribution in [1.29, 1.82) is 0 Å². The van der Waals surface area contributed by atoms with E-state index in [1.807, 2.05) is 32.0 Å². The molecule has 1 saturated heterocycles. The smallest absolute Gasteiger partial charge is 0.229 e. The van der Waals surface area contributed by atoms with Gasteiger partial charge in [-0.25, -0.2) is 0 Å². The summed E-state index contributed by atoms with van der Waals surface area (Å²) in [6.07, 6.45) is 0.186. The number of hydrogen-bond acceptors (Lipinski definition) is 3. The Hall–Kier alpha value is -2.95. The summed E-state index contributed by atoms with van der Waals surface area (Å²) in [5.74, 6) is -0.718. The van der Waals surface area contributed by atoms with E-state index < -0.39 is 5.92 Å². The summed E-state index contributed by atoms with van der Waals surface area (Å²) < 4.78 is 0. The Bertz CT molecular complexity index is 889. The maximum absolute atomic E-state index is 12.6. The van der Waals surface area contributed by atoms with Crippen molar-refractivity contribution in [2.24, 2.45) is 5.92 Å². The molecule has 5 nitrogen and oxygen atoms in total. The molecular formula is C21H22N2O3. The van der Waals surface area contributed by atoms with Crippen molar-refractivity contribution >= 4 is 29.0 Å². The number of Topliss-reactive ketones (excluding diaryl/α,β-unsaturated/α-hetero) is 1.